The van der Waals surface area contributed by atoms with Crippen LogP contribution in [0.4, 0.5) is 5.69 Å². The first kappa shape index (κ1) is 17.3. The number of hydrogen-bond acceptors (Lipinski definition) is 2. The summed E-state index contributed by atoms with van der Waals surface area (Å²) in [7, 11) is 0. The van der Waals surface area contributed by atoms with E-state index in [1.165, 1.54) is 10.8 Å². The van der Waals surface area contributed by atoms with Gasteiger partial charge in [-0.2, -0.15) is 0 Å². The van der Waals surface area contributed by atoms with Gasteiger partial charge in [0, 0.05) is 25.2 Å². The Morgan fingerprint density at radius 2 is 1.74 bits per heavy atom. The summed E-state index contributed by atoms with van der Waals surface area (Å²) in [5, 5.41) is 5.36. The molecule has 136 valence electrons. The third kappa shape index (κ3) is 3.85. The van der Waals surface area contributed by atoms with Gasteiger partial charge in [-0.25, -0.2) is 0 Å². The fraction of sp³-hybridized carbons (Fsp3) is 0.217. The van der Waals surface area contributed by atoms with Crippen LogP contribution in [0.5, 0.6) is 0 Å². The number of nitrogens with one attached hydrogen (secondary N) is 1. The SMILES string of the molecule is O=C(Cc1ccc(N2CCCC2=O)cc1)NCc1cccc2ccccc12. The number of carbonyl (C=O) groups excluding carboxylic acids is 2. The fourth-order valence-corrected chi connectivity index (χ4v) is 3.60. The number of amides is 2. The van der Waals surface area contributed by atoms with Crippen molar-refractivity contribution in [3.8, 4) is 0 Å². The second-order valence-corrected chi connectivity index (χ2v) is 6.91. The first-order valence-corrected chi connectivity index (χ1v) is 9.33. The zero-order valence-electron chi connectivity index (χ0n) is 15.2. The second-order valence-electron chi connectivity index (χ2n) is 6.91. The molecule has 4 rings (SSSR count). The number of hydrogen-bond donors (Lipinski definition) is 1. The Bertz CT molecular complexity index is 974. The van der Waals surface area contributed by atoms with Gasteiger partial charge < -0.3 is 10.2 Å². The molecule has 0 atom stereocenters. The van der Waals surface area contributed by atoms with Gasteiger partial charge >= 0.3 is 0 Å². The molecule has 0 saturated carbocycles. The highest BCUT2D eigenvalue weighted by molar-refractivity contribution is 5.95. The van der Waals surface area contributed by atoms with E-state index in [4.69, 9.17) is 0 Å². The Labute approximate surface area is 158 Å². The minimum atomic E-state index is -0.00654. The normalized spacial score (nSPS) is 13.9. The van der Waals surface area contributed by atoms with E-state index in [-0.39, 0.29) is 11.8 Å². The highest BCUT2D eigenvalue weighted by Crippen LogP contribution is 2.22. The van der Waals surface area contributed by atoms with Crippen LogP contribution in [0.3, 0.4) is 0 Å². The minimum absolute atomic E-state index is 0.00654. The maximum absolute atomic E-state index is 12.3. The number of carbonyl (C=O) groups is 2. The second kappa shape index (κ2) is 7.62. The summed E-state index contributed by atoms with van der Waals surface area (Å²) in [4.78, 5) is 26.0. The molecule has 1 heterocycles. The van der Waals surface area contributed by atoms with E-state index in [2.05, 4.69) is 23.5 Å². The summed E-state index contributed by atoms with van der Waals surface area (Å²) >= 11 is 0. The highest BCUT2D eigenvalue weighted by atomic mass is 16.2. The van der Waals surface area contributed by atoms with Gasteiger partial charge in [-0.05, 0) is 40.5 Å². The summed E-state index contributed by atoms with van der Waals surface area (Å²) in [6, 6.07) is 22.0. The summed E-state index contributed by atoms with van der Waals surface area (Å²) in [5.74, 6) is 0.170. The van der Waals surface area contributed by atoms with E-state index < -0.39 is 0 Å². The van der Waals surface area contributed by atoms with Gasteiger partial charge in [0.25, 0.3) is 0 Å². The van der Waals surface area contributed by atoms with E-state index in [1.54, 1.807) is 0 Å². The first-order chi connectivity index (χ1) is 13.2. The third-order valence-corrected chi connectivity index (χ3v) is 5.04. The van der Waals surface area contributed by atoms with Gasteiger partial charge in [-0.1, -0.05) is 54.6 Å². The van der Waals surface area contributed by atoms with Crippen LogP contribution in [-0.4, -0.2) is 18.4 Å². The van der Waals surface area contributed by atoms with Gasteiger partial charge in [-0.15, -0.1) is 0 Å². The quantitative estimate of drug-likeness (QED) is 0.754. The molecule has 4 nitrogen and oxygen atoms in total. The van der Waals surface area contributed by atoms with Gasteiger partial charge in [-0.3, -0.25) is 9.59 Å². The monoisotopic (exact) mass is 358 g/mol. The van der Waals surface area contributed by atoms with E-state index in [0.29, 0.717) is 19.4 Å². The number of benzene rings is 3. The molecule has 0 unspecified atom stereocenters. The minimum Gasteiger partial charge on any atom is -0.352 e. The number of anilines is 1. The molecule has 0 bridgehead atoms. The number of rotatable bonds is 5. The van der Waals surface area contributed by atoms with Crippen molar-refractivity contribution in [2.45, 2.75) is 25.8 Å². The van der Waals surface area contributed by atoms with Gasteiger partial charge in [0.05, 0.1) is 6.42 Å². The summed E-state index contributed by atoms with van der Waals surface area (Å²) in [6.45, 7) is 1.30. The van der Waals surface area contributed by atoms with Crippen molar-refractivity contribution in [3.05, 3.63) is 77.9 Å². The molecule has 1 aliphatic heterocycles. The van der Waals surface area contributed by atoms with Crippen LogP contribution in [0, 0.1) is 0 Å². The van der Waals surface area contributed by atoms with E-state index >= 15 is 0 Å². The molecule has 3 aromatic carbocycles. The maximum atomic E-state index is 12.3. The molecule has 1 saturated heterocycles. The molecule has 27 heavy (non-hydrogen) atoms. The summed E-state index contributed by atoms with van der Waals surface area (Å²) in [6.07, 6.45) is 1.87. The zero-order valence-corrected chi connectivity index (χ0v) is 15.2. The molecule has 1 N–H and O–H groups in total. The lowest BCUT2D eigenvalue weighted by Crippen LogP contribution is -2.25. The largest absolute Gasteiger partial charge is 0.352 e. The van der Waals surface area contributed by atoms with Crippen molar-refractivity contribution >= 4 is 28.3 Å². The molecule has 0 aliphatic carbocycles. The zero-order chi connectivity index (χ0) is 18.6. The van der Waals surface area contributed by atoms with Crippen LogP contribution >= 0.6 is 0 Å². The van der Waals surface area contributed by atoms with Gasteiger partial charge in [0.2, 0.25) is 11.8 Å². The number of nitrogens with zero attached hydrogens (tertiary/aromatic N) is 1. The van der Waals surface area contributed by atoms with Gasteiger partial charge in [0.1, 0.15) is 0 Å². The highest BCUT2D eigenvalue weighted by Gasteiger charge is 2.21. The lowest BCUT2D eigenvalue weighted by Gasteiger charge is -2.16. The molecule has 3 aromatic rings. The lowest BCUT2D eigenvalue weighted by molar-refractivity contribution is -0.120. The average Bonchev–Trinajstić information content (AvgIpc) is 3.13. The predicted molar refractivity (Wildman–Crippen MR) is 108 cm³/mol. The smallest absolute Gasteiger partial charge is 0.227 e. The number of fused-ring (bicyclic) bond motifs is 1. The Morgan fingerprint density at radius 1 is 0.963 bits per heavy atom. The summed E-state index contributed by atoms with van der Waals surface area (Å²) in [5.41, 5.74) is 2.97. The van der Waals surface area contributed by atoms with Crippen molar-refractivity contribution < 1.29 is 9.59 Å². The van der Waals surface area contributed by atoms with E-state index in [1.807, 2.05) is 53.4 Å². The molecule has 0 radical (unpaired) electrons. The Morgan fingerprint density at radius 3 is 2.52 bits per heavy atom. The van der Waals surface area contributed by atoms with E-state index in [9.17, 15) is 9.59 Å². The summed E-state index contributed by atoms with van der Waals surface area (Å²) < 4.78 is 0. The van der Waals surface area contributed by atoms with Crippen LogP contribution in [0.1, 0.15) is 24.0 Å². The lowest BCUT2D eigenvalue weighted by atomic mass is 10.0. The van der Waals surface area contributed by atoms with Crippen LogP contribution in [0.2, 0.25) is 0 Å². The first-order valence-electron chi connectivity index (χ1n) is 9.33. The molecular formula is C23H22N2O2. The molecule has 1 aliphatic rings. The Kier molecular flexibility index (Phi) is 4.88. The third-order valence-electron chi connectivity index (χ3n) is 5.04. The fourth-order valence-electron chi connectivity index (χ4n) is 3.60. The average molecular weight is 358 g/mol. The van der Waals surface area contributed by atoms with Crippen molar-refractivity contribution in [3.63, 3.8) is 0 Å². The van der Waals surface area contributed by atoms with Crippen LogP contribution in [0.25, 0.3) is 10.8 Å². The molecule has 0 spiro atoms. The van der Waals surface area contributed by atoms with E-state index in [0.717, 1.165) is 29.8 Å². The molecule has 1 fully saturated rings. The Balaban J connectivity index is 1.37. The molecule has 4 heteroatoms. The molecular weight excluding hydrogens is 336 g/mol. The van der Waals surface area contributed by atoms with Crippen LogP contribution in [-0.2, 0) is 22.6 Å². The van der Waals surface area contributed by atoms with Gasteiger partial charge in [0.15, 0.2) is 0 Å². The predicted octanol–water partition coefficient (Wildman–Crippen LogP) is 3.83. The van der Waals surface area contributed by atoms with Crippen molar-refractivity contribution in [2.75, 3.05) is 11.4 Å². The van der Waals surface area contributed by atoms with Crippen molar-refractivity contribution in [1.29, 1.82) is 0 Å². The maximum Gasteiger partial charge on any atom is 0.227 e. The topological polar surface area (TPSA) is 49.4 Å². The van der Waals surface area contributed by atoms with Crippen LogP contribution < -0.4 is 10.2 Å². The molecule has 2 amide bonds. The standard InChI is InChI=1S/C23H22N2O2/c26-22(24-16-19-7-3-6-18-5-1-2-8-21(18)19)15-17-10-12-20(13-11-17)25-14-4-9-23(25)27/h1-3,5-8,10-13H,4,9,14-16H2,(H,24,26). The van der Waals surface area contributed by atoms with Crippen LogP contribution in [0.15, 0.2) is 66.7 Å². The van der Waals surface area contributed by atoms with Crippen molar-refractivity contribution in [1.82, 2.24) is 5.32 Å². The van der Waals surface area contributed by atoms with Crippen molar-refractivity contribution in [2.24, 2.45) is 0 Å². The molecule has 0 aromatic heterocycles. The Hall–Kier alpha value is -3.14.